The van der Waals surface area contributed by atoms with Gasteiger partial charge < -0.3 is 4.74 Å². The third-order valence-electron chi connectivity index (χ3n) is 3.73. The summed E-state index contributed by atoms with van der Waals surface area (Å²) in [6.45, 7) is 4.04. The summed E-state index contributed by atoms with van der Waals surface area (Å²) in [5.74, 6) is 5.73. The second kappa shape index (κ2) is 6.63. The molecule has 4 N–H and O–H groups in total. The van der Waals surface area contributed by atoms with E-state index in [1.807, 2.05) is 5.01 Å². The van der Waals surface area contributed by atoms with Crippen molar-refractivity contribution >= 4 is 0 Å². The number of nitrogens with one attached hydrogen (secondary N) is 2. The molecule has 2 aliphatic rings. The van der Waals surface area contributed by atoms with Gasteiger partial charge in [0, 0.05) is 39.3 Å². The number of nitrogens with two attached hydrogens (primary N) is 1. The van der Waals surface area contributed by atoms with E-state index in [1.54, 1.807) is 7.11 Å². The Morgan fingerprint density at radius 2 is 1.71 bits per heavy atom. The van der Waals surface area contributed by atoms with Gasteiger partial charge in [0.15, 0.2) is 0 Å². The second-order valence-corrected chi connectivity index (χ2v) is 4.99. The fourth-order valence-corrected chi connectivity index (χ4v) is 2.43. The Labute approximate surface area is 103 Å². The Bertz CT molecular complexity index is 212. The average molecular weight is 243 g/mol. The molecule has 0 atom stereocenters. The van der Waals surface area contributed by atoms with Crippen molar-refractivity contribution in [2.75, 3.05) is 33.3 Å². The van der Waals surface area contributed by atoms with Crippen molar-refractivity contribution in [2.45, 2.75) is 37.8 Å². The van der Waals surface area contributed by atoms with Crippen LogP contribution in [0.25, 0.3) is 0 Å². The van der Waals surface area contributed by atoms with Crippen LogP contribution in [0.3, 0.4) is 0 Å². The van der Waals surface area contributed by atoms with Crippen LogP contribution in [-0.2, 0) is 4.74 Å². The number of nitrogens with zero attached hydrogens (tertiary/aromatic N) is 2. The summed E-state index contributed by atoms with van der Waals surface area (Å²) in [6.07, 6.45) is 4.86. The fraction of sp³-hybridized carbons (Fsp3) is 1.00. The van der Waals surface area contributed by atoms with Crippen LogP contribution in [0.2, 0.25) is 0 Å². The molecule has 0 amide bonds. The van der Waals surface area contributed by atoms with Gasteiger partial charge in [-0.15, -0.1) is 0 Å². The molecule has 0 aromatic rings. The highest BCUT2D eigenvalue weighted by molar-refractivity contribution is 4.74. The Hall–Kier alpha value is -0.240. The molecule has 2 saturated heterocycles. The number of hydrogen-bond acceptors (Lipinski definition) is 6. The normalized spacial score (nSPS) is 26.5. The van der Waals surface area contributed by atoms with Gasteiger partial charge in [0.05, 0.1) is 6.10 Å². The molecule has 0 aromatic carbocycles. The van der Waals surface area contributed by atoms with Crippen LogP contribution in [0.5, 0.6) is 0 Å². The molecule has 0 unspecified atom stereocenters. The molecule has 100 valence electrons. The van der Waals surface area contributed by atoms with E-state index in [-0.39, 0.29) is 0 Å². The van der Waals surface area contributed by atoms with E-state index < -0.39 is 0 Å². The minimum Gasteiger partial charge on any atom is -0.381 e. The average Bonchev–Trinajstić information content (AvgIpc) is 2.39. The lowest BCUT2D eigenvalue weighted by Gasteiger charge is -2.35. The van der Waals surface area contributed by atoms with Crippen molar-refractivity contribution in [2.24, 2.45) is 5.84 Å². The lowest BCUT2D eigenvalue weighted by molar-refractivity contribution is 0.0106. The van der Waals surface area contributed by atoms with Crippen LogP contribution in [0.4, 0.5) is 0 Å². The van der Waals surface area contributed by atoms with Crippen molar-refractivity contribution in [1.29, 1.82) is 0 Å². The second-order valence-electron chi connectivity index (χ2n) is 4.99. The Morgan fingerprint density at radius 1 is 1.06 bits per heavy atom. The van der Waals surface area contributed by atoms with Crippen molar-refractivity contribution in [3.05, 3.63) is 0 Å². The summed E-state index contributed by atoms with van der Waals surface area (Å²) >= 11 is 0. The number of hydrazine groups is 3. The number of hydrogen-bond donors (Lipinski definition) is 3. The summed E-state index contributed by atoms with van der Waals surface area (Å²) in [5, 5.41) is 4.13. The van der Waals surface area contributed by atoms with E-state index >= 15 is 0 Å². The third kappa shape index (κ3) is 4.17. The van der Waals surface area contributed by atoms with E-state index in [0.29, 0.717) is 12.1 Å². The van der Waals surface area contributed by atoms with Gasteiger partial charge in [-0.1, -0.05) is 0 Å². The van der Waals surface area contributed by atoms with Crippen LogP contribution >= 0.6 is 0 Å². The van der Waals surface area contributed by atoms with Crippen molar-refractivity contribution in [3.63, 3.8) is 0 Å². The molecular weight excluding hydrogens is 218 g/mol. The maximum atomic E-state index is 5.73. The molecular formula is C11H25N5O. The molecule has 17 heavy (non-hydrogen) atoms. The molecule has 0 spiro atoms. The van der Waals surface area contributed by atoms with E-state index in [1.165, 1.54) is 0 Å². The topological polar surface area (TPSA) is 65.8 Å². The maximum Gasteiger partial charge on any atom is 0.0596 e. The van der Waals surface area contributed by atoms with E-state index in [4.69, 9.17) is 10.6 Å². The number of ether oxygens (including phenoxy) is 1. The number of piperidine rings is 2. The van der Waals surface area contributed by atoms with Gasteiger partial charge in [0.2, 0.25) is 0 Å². The highest BCUT2D eigenvalue weighted by Crippen LogP contribution is 2.11. The van der Waals surface area contributed by atoms with E-state index in [2.05, 4.69) is 16.0 Å². The lowest BCUT2D eigenvalue weighted by Crippen LogP contribution is -2.56. The maximum absolute atomic E-state index is 5.73. The van der Waals surface area contributed by atoms with Gasteiger partial charge in [-0.05, 0) is 25.7 Å². The summed E-state index contributed by atoms with van der Waals surface area (Å²) in [4.78, 5) is 0. The Morgan fingerprint density at radius 3 is 2.29 bits per heavy atom. The lowest BCUT2D eigenvalue weighted by atomic mass is 10.1. The Balaban J connectivity index is 1.59. The molecule has 0 aliphatic carbocycles. The predicted octanol–water partition coefficient (Wildman–Crippen LogP) is -0.555. The highest BCUT2D eigenvalue weighted by atomic mass is 16.5. The smallest absolute Gasteiger partial charge is 0.0596 e. The molecule has 0 bridgehead atoms. The zero-order valence-corrected chi connectivity index (χ0v) is 10.7. The van der Waals surface area contributed by atoms with Gasteiger partial charge in [0.1, 0.15) is 0 Å². The molecule has 0 saturated carbocycles. The molecule has 0 radical (unpaired) electrons. The van der Waals surface area contributed by atoms with E-state index in [0.717, 1.165) is 51.9 Å². The Kier molecular flexibility index (Phi) is 5.15. The fourth-order valence-electron chi connectivity index (χ4n) is 2.43. The van der Waals surface area contributed by atoms with Gasteiger partial charge in [-0.3, -0.25) is 5.84 Å². The molecule has 2 heterocycles. The van der Waals surface area contributed by atoms with Crippen LogP contribution < -0.4 is 16.8 Å². The van der Waals surface area contributed by atoms with Gasteiger partial charge in [-0.25, -0.2) is 15.4 Å². The highest BCUT2D eigenvalue weighted by Gasteiger charge is 2.20. The monoisotopic (exact) mass is 243 g/mol. The molecule has 2 rings (SSSR count). The molecule has 2 aliphatic heterocycles. The summed E-state index contributed by atoms with van der Waals surface area (Å²) in [5.41, 5.74) is 6.72. The van der Waals surface area contributed by atoms with Crippen LogP contribution in [-0.4, -0.2) is 55.5 Å². The SMILES string of the molecule is COC1CCN(NNC2CCN(N)CC2)CC1. The standard InChI is InChI=1S/C11H25N5O/c1-17-11-4-8-16(9-5-11)14-13-10-2-6-15(12)7-3-10/h10-11,13-14H,2-9,12H2,1H3. The molecule has 0 aromatic heterocycles. The number of rotatable bonds is 4. The van der Waals surface area contributed by atoms with Crippen molar-refractivity contribution in [1.82, 2.24) is 21.0 Å². The summed E-state index contributed by atoms with van der Waals surface area (Å²) < 4.78 is 5.35. The molecule has 6 nitrogen and oxygen atoms in total. The minimum atomic E-state index is 0.438. The zero-order chi connectivity index (χ0) is 12.1. The number of methoxy groups -OCH3 is 1. The first-order valence-corrected chi connectivity index (χ1v) is 6.56. The predicted molar refractivity (Wildman–Crippen MR) is 66.7 cm³/mol. The first kappa shape index (κ1) is 13.2. The van der Waals surface area contributed by atoms with Crippen LogP contribution in [0.15, 0.2) is 0 Å². The quantitative estimate of drug-likeness (QED) is 0.454. The third-order valence-corrected chi connectivity index (χ3v) is 3.73. The first-order chi connectivity index (χ1) is 8.28. The van der Waals surface area contributed by atoms with E-state index in [9.17, 15) is 0 Å². The molecule has 2 fully saturated rings. The van der Waals surface area contributed by atoms with Crippen LogP contribution in [0, 0.1) is 0 Å². The van der Waals surface area contributed by atoms with Crippen molar-refractivity contribution in [3.8, 4) is 0 Å². The van der Waals surface area contributed by atoms with Gasteiger partial charge in [-0.2, -0.15) is 5.53 Å². The zero-order valence-electron chi connectivity index (χ0n) is 10.7. The first-order valence-electron chi connectivity index (χ1n) is 6.56. The minimum absolute atomic E-state index is 0.438. The largest absolute Gasteiger partial charge is 0.381 e. The van der Waals surface area contributed by atoms with Crippen molar-refractivity contribution < 1.29 is 4.74 Å². The summed E-state index contributed by atoms with van der Waals surface area (Å²) in [6, 6.07) is 0.537. The van der Waals surface area contributed by atoms with Gasteiger partial charge in [0.25, 0.3) is 0 Å². The van der Waals surface area contributed by atoms with Crippen LogP contribution in [0.1, 0.15) is 25.7 Å². The molecule has 6 heteroatoms. The summed E-state index contributed by atoms with van der Waals surface area (Å²) in [7, 11) is 1.80. The van der Waals surface area contributed by atoms with Gasteiger partial charge >= 0.3 is 0 Å².